The summed E-state index contributed by atoms with van der Waals surface area (Å²) in [6.07, 6.45) is 6.00. The van der Waals surface area contributed by atoms with Crippen LogP contribution in [0.5, 0.6) is 0 Å². The molecule has 2 aliphatic rings. The van der Waals surface area contributed by atoms with Crippen molar-refractivity contribution >= 4 is 34.8 Å². The molecule has 1 N–H and O–H groups in total. The summed E-state index contributed by atoms with van der Waals surface area (Å²) < 4.78 is 1.87. The Morgan fingerprint density at radius 2 is 2.30 bits per heavy atom. The molecule has 3 aromatic rings. The molecule has 0 bridgehead atoms. The predicted molar refractivity (Wildman–Crippen MR) is 106 cm³/mol. The van der Waals surface area contributed by atoms with E-state index in [1.807, 2.05) is 28.4 Å². The zero-order valence-electron chi connectivity index (χ0n) is 14.5. The fourth-order valence-electron chi connectivity index (χ4n) is 3.57. The minimum Gasteiger partial charge on any atom is -0.328 e. The van der Waals surface area contributed by atoms with Gasteiger partial charge in [-0.05, 0) is 46.9 Å². The van der Waals surface area contributed by atoms with Gasteiger partial charge in [0.1, 0.15) is 6.04 Å². The second-order valence-corrected chi connectivity index (χ2v) is 8.29. The number of carbonyl (C=O) groups excluding carboxylic acids is 1. The first-order chi connectivity index (χ1) is 13.3. The first-order valence-electron chi connectivity index (χ1n) is 8.83. The molecule has 0 saturated carbocycles. The molecule has 0 unspecified atom stereocenters. The molecular weight excluding hydrogens is 378 g/mol. The number of nitrogens with zero attached hydrogens (tertiary/aromatic N) is 4. The summed E-state index contributed by atoms with van der Waals surface area (Å²) in [4.78, 5) is 21.5. The molecule has 0 saturated heterocycles. The Morgan fingerprint density at radius 3 is 3.11 bits per heavy atom. The van der Waals surface area contributed by atoms with Gasteiger partial charge in [-0.2, -0.15) is 16.3 Å². The van der Waals surface area contributed by atoms with E-state index in [1.165, 1.54) is 0 Å². The molecule has 3 aromatic heterocycles. The van der Waals surface area contributed by atoms with E-state index in [1.54, 1.807) is 29.3 Å². The van der Waals surface area contributed by atoms with Crippen LogP contribution in [-0.4, -0.2) is 25.5 Å². The number of fused-ring (bicyclic) bond motifs is 1. The second kappa shape index (κ2) is 6.94. The fraction of sp³-hybridized carbons (Fsp3) is 0.263. The Morgan fingerprint density at radius 1 is 1.33 bits per heavy atom. The summed E-state index contributed by atoms with van der Waals surface area (Å²) >= 11 is 3.21. The van der Waals surface area contributed by atoms with Gasteiger partial charge < -0.3 is 5.32 Å². The van der Waals surface area contributed by atoms with Gasteiger partial charge in [-0.1, -0.05) is 17.8 Å². The van der Waals surface area contributed by atoms with Crippen molar-refractivity contribution in [1.82, 2.24) is 19.7 Å². The quantitative estimate of drug-likeness (QED) is 0.672. The lowest BCUT2D eigenvalue weighted by Crippen LogP contribution is -2.31. The van der Waals surface area contributed by atoms with Crippen molar-refractivity contribution in [3.05, 3.63) is 63.7 Å². The molecule has 27 heavy (non-hydrogen) atoms. The smallest absolute Gasteiger partial charge is 0.227 e. The molecule has 0 radical (unpaired) electrons. The minimum absolute atomic E-state index is 0.185. The summed E-state index contributed by atoms with van der Waals surface area (Å²) in [6.45, 7) is 0. The molecule has 0 fully saturated rings. The molecule has 1 atom stereocenters. The topological polar surface area (TPSA) is 72.7 Å². The van der Waals surface area contributed by atoms with Gasteiger partial charge in [-0.3, -0.25) is 9.78 Å². The zero-order chi connectivity index (χ0) is 18.2. The van der Waals surface area contributed by atoms with Gasteiger partial charge in [0.05, 0.1) is 0 Å². The van der Waals surface area contributed by atoms with E-state index < -0.39 is 0 Å². The first-order valence-corrected chi connectivity index (χ1v) is 10.8. The molecule has 4 heterocycles. The Balaban J connectivity index is 1.50. The average molecular weight is 396 g/mol. The van der Waals surface area contributed by atoms with Gasteiger partial charge in [-0.25, -0.2) is 4.68 Å². The van der Waals surface area contributed by atoms with E-state index in [9.17, 15) is 4.79 Å². The van der Waals surface area contributed by atoms with Gasteiger partial charge in [0, 0.05) is 35.8 Å². The number of thiophene rings is 1. The third-order valence-corrected chi connectivity index (χ3v) is 6.41. The van der Waals surface area contributed by atoms with Crippen molar-refractivity contribution in [2.24, 2.45) is 0 Å². The summed E-state index contributed by atoms with van der Waals surface area (Å²) in [7, 11) is 0. The maximum Gasteiger partial charge on any atom is 0.227 e. The lowest BCUT2D eigenvalue weighted by molar-refractivity contribution is -0.116. The molecule has 5 rings (SSSR count). The van der Waals surface area contributed by atoms with Crippen LogP contribution in [0.15, 0.2) is 57.8 Å². The van der Waals surface area contributed by atoms with Crippen molar-refractivity contribution in [1.29, 1.82) is 0 Å². The number of carbonyl (C=O) groups is 1. The number of ketones is 1. The van der Waals surface area contributed by atoms with Crippen LogP contribution in [0.1, 0.15) is 36.4 Å². The molecule has 6 nitrogen and oxygen atoms in total. The highest BCUT2D eigenvalue weighted by Gasteiger charge is 2.36. The van der Waals surface area contributed by atoms with E-state index in [4.69, 9.17) is 5.10 Å². The minimum atomic E-state index is -0.185. The summed E-state index contributed by atoms with van der Waals surface area (Å²) in [5.74, 6) is 1.69. The van der Waals surface area contributed by atoms with Crippen LogP contribution in [0.4, 0.5) is 5.95 Å². The summed E-state index contributed by atoms with van der Waals surface area (Å²) in [5.41, 5.74) is 4.08. The Kier molecular flexibility index (Phi) is 4.29. The molecule has 0 amide bonds. The highest BCUT2D eigenvalue weighted by atomic mass is 32.2. The number of nitrogens with one attached hydrogen (secondary N) is 1. The van der Waals surface area contributed by atoms with Crippen molar-refractivity contribution in [2.45, 2.75) is 36.2 Å². The molecule has 1 aliphatic carbocycles. The first kappa shape index (κ1) is 16.7. The van der Waals surface area contributed by atoms with Crippen molar-refractivity contribution in [3.8, 4) is 0 Å². The van der Waals surface area contributed by atoms with Crippen LogP contribution in [0.25, 0.3) is 0 Å². The number of allylic oxidation sites excluding steroid dienone is 2. The molecule has 136 valence electrons. The number of pyridine rings is 1. The lowest BCUT2D eigenvalue weighted by atomic mass is 9.86. The molecular formula is C19H17N5OS2. The zero-order valence-corrected chi connectivity index (χ0v) is 16.1. The van der Waals surface area contributed by atoms with E-state index in [0.717, 1.165) is 41.0 Å². The number of Topliss-reactive ketones (excluding diaryl/α,β-unsaturated/α-hetero) is 1. The number of hydrogen-bond acceptors (Lipinski definition) is 7. The standard InChI is InChI=1S/C19H17N5OS2/c25-15-5-1-4-14-16(15)17(13-6-8-26-11-13)24-18(21-14)22-19(23-24)27-10-12-3-2-7-20-9-12/h2-3,6-9,11,17H,1,4-5,10H2,(H,21,22,23)/t17-/m1/s1. The third-order valence-electron chi connectivity index (χ3n) is 4.80. The highest BCUT2D eigenvalue weighted by Crippen LogP contribution is 2.41. The Labute approximate surface area is 164 Å². The third kappa shape index (κ3) is 3.08. The van der Waals surface area contributed by atoms with E-state index in [-0.39, 0.29) is 11.8 Å². The Hall–Kier alpha value is -2.45. The van der Waals surface area contributed by atoms with Gasteiger partial charge in [0.2, 0.25) is 11.1 Å². The highest BCUT2D eigenvalue weighted by molar-refractivity contribution is 7.98. The average Bonchev–Trinajstić information content (AvgIpc) is 3.35. The monoisotopic (exact) mass is 395 g/mol. The normalized spacial score (nSPS) is 18.8. The molecule has 0 aromatic carbocycles. The van der Waals surface area contributed by atoms with Gasteiger partial charge >= 0.3 is 0 Å². The van der Waals surface area contributed by atoms with E-state index >= 15 is 0 Å². The maximum atomic E-state index is 12.7. The summed E-state index contributed by atoms with van der Waals surface area (Å²) in [5, 5.41) is 12.9. The van der Waals surface area contributed by atoms with Crippen molar-refractivity contribution in [2.75, 3.05) is 5.32 Å². The second-order valence-electron chi connectivity index (χ2n) is 6.57. The van der Waals surface area contributed by atoms with Crippen LogP contribution in [0, 0.1) is 0 Å². The SMILES string of the molecule is O=C1CCCC2=C1[C@@H](c1ccsc1)n1nc(SCc3cccnc3)nc1N2. The van der Waals surface area contributed by atoms with Crippen molar-refractivity contribution in [3.63, 3.8) is 0 Å². The number of aromatic nitrogens is 4. The largest absolute Gasteiger partial charge is 0.328 e. The van der Waals surface area contributed by atoms with Gasteiger partial charge in [-0.15, -0.1) is 5.10 Å². The van der Waals surface area contributed by atoms with Crippen LogP contribution in [-0.2, 0) is 10.5 Å². The Bertz CT molecular complexity index is 1010. The molecule has 8 heteroatoms. The lowest BCUT2D eigenvalue weighted by Gasteiger charge is -2.31. The van der Waals surface area contributed by atoms with Crippen LogP contribution in [0.2, 0.25) is 0 Å². The predicted octanol–water partition coefficient (Wildman–Crippen LogP) is 4.05. The van der Waals surface area contributed by atoms with Gasteiger partial charge in [0.25, 0.3) is 0 Å². The molecule has 0 spiro atoms. The van der Waals surface area contributed by atoms with Crippen LogP contribution < -0.4 is 5.32 Å². The number of thioether (sulfide) groups is 1. The number of rotatable bonds is 4. The number of anilines is 1. The van der Waals surface area contributed by atoms with Crippen molar-refractivity contribution < 1.29 is 4.79 Å². The van der Waals surface area contributed by atoms with Crippen LogP contribution in [0.3, 0.4) is 0 Å². The van der Waals surface area contributed by atoms with E-state index in [2.05, 4.69) is 26.7 Å². The van der Waals surface area contributed by atoms with Crippen LogP contribution >= 0.6 is 23.1 Å². The summed E-state index contributed by atoms with van der Waals surface area (Å²) in [6, 6.07) is 5.86. The maximum absolute atomic E-state index is 12.7. The number of hydrogen-bond donors (Lipinski definition) is 1. The molecule has 1 aliphatic heterocycles. The van der Waals surface area contributed by atoms with Gasteiger partial charge in [0.15, 0.2) is 5.78 Å². The fourth-order valence-corrected chi connectivity index (χ4v) is 5.01. The van der Waals surface area contributed by atoms with E-state index in [0.29, 0.717) is 17.5 Å².